The molecule has 0 radical (unpaired) electrons. The molecule has 0 fully saturated rings. The molecule has 1 unspecified atom stereocenters. The first-order chi connectivity index (χ1) is 16.5. The van der Waals surface area contributed by atoms with Gasteiger partial charge in [-0.1, -0.05) is 11.6 Å². The molecule has 2 aromatic carbocycles. The van der Waals surface area contributed by atoms with Crippen LogP contribution >= 0.6 is 11.6 Å². The second-order valence-electron chi connectivity index (χ2n) is 7.69. The van der Waals surface area contributed by atoms with Crippen molar-refractivity contribution in [2.75, 3.05) is 7.11 Å². The third-order valence-corrected chi connectivity index (χ3v) is 5.82. The van der Waals surface area contributed by atoms with Gasteiger partial charge in [-0.2, -0.15) is 13.2 Å². The number of ether oxygens (including phenoxy) is 1. The molecule has 182 valence electrons. The first-order valence-electron chi connectivity index (χ1n) is 10.2. The van der Waals surface area contributed by atoms with Gasteiger partial charge in [0.1, 0.15) is 22.8 Å². The molecular formula is C24H17ClF4N2O4. The number of oxazole rings is 1. The number of hydrogen-bond donors (Lipinski definition) is 1. The summed E-state index contributed by atoms with van der Waals surface area (Å²) >= 11 is 5.81. The van der Waals surface area contributed by atoms with Crippen molar-refractivity contribution in [3.05, 3.63) is 77.0 Å². The molecule has 6 nitrogen and oxygen atoms in total. The van der Waals surface area contributed by atoms with Crippen LogP contribution in [0.2, 0.25) is 5.02 Å². The third-order valence-electron chi connectivity index (χ3n) is 5.53. The summed E-state index contributed by atoms with van der Waals surface area (Å²) in [6.07, 6.45) is -5.61. The van der Waals surface area contributed by atoms with E-state index in [9.17, 15) is 27.5 Å². The van der Waals surface area contributed by atoms with Crippen LogP contribution in [0.1, 0.15) is 28.9 Å². The number of pyridine rings is 1. The summed E-state index contributed by atoms with van der Waals surface area (Å²) in [5.74, 6) is -1.28. The summed E-state index contributed by atoms with van der Waals surface area (Å²) in [5, 5.41) is 10.5. The van der Waals surface area contributed by atoms with Crippen LogP contribution in [-0.4, -0.2) is 34.1 Å². The van der Waals surface area contributed by atoms with Gasteiger partial charge in [0.25, 0.3) is 0 Å². The molecule has 2 heterocycles. The number of methoxy groups -OCH3 is 1. The Hall–Kier alpha value is -3.50. The van der Waals surface area contributed by atoms with Crippen molar-refractivity contribution >= 4 is 28.5 Å². The average molecular weight is 509 g/mol. The van der Waals surface area contributed by atoms with Crippen molar-refractivity contribution in [2.24, 2.45) is 0 Å². The number of ketones is 1. The minimum Gasteiger partial charge on any atom is -0.494 e. The molecule has 0 aliphatic rings. The first kappa shape index (κ1) is 24.6. The lowest BCUT2D eigenvalue weighted by atomic mass is 9.89. The number of halogens is 5. The van der Waals surface area contributed by atoms with Crippen molar-refractivity contribution in [3.8, 4) is 17.0 Å². The van der Waals surface area contributed by atoms with Gasteiger partial charge in [0.2, 0.25) is 5.60 Å². The number of hydrogen-bond acceptors (Lipinski definition) is 6. The van der Waals surface area contributed by atoms with Crippen LogP contribution in [-0.2, 0) is 5.60 Å². The van der Waals surface area contributed by atoms with Crippen molar-refractivity contribution in [1.29, 1.82) is 0 Å². The summed E-state index contributed by atoms with van der Waals surface area (Å²) in [7, 11) is 1.28. The van der Waals surface area contributed by atoms with Crippen LogP contribution in [0.4, 0.5) is 17.6 Å². The largest absolute Gasteiger partial charge is 0.494 e. The summed E-state index contributed by atoms with van der Waals surface area (Å²) in [4.78, 5) is 20.6. The number of aliphatic hydroxyl groups is 1. The number of carbonyl (C=O) groups excluding carboxylic acids is 1. The van der Waals surface area contributed by atoms with Crippen molar-refractivity contribution in [1.82, 2.24) is 9.97 Å². The highest BCUT2D eigenvalue weighted by Gasteiger charge is 2.56. The molecule has 0 aliphatic heterocycles. The fraction of sp³-hybridized carbons (Fsp3) is 0.208. The molecule has 0 spiro atoms. The Morgan fingerprint density at radius 2 is 1.91 bits per heavy atom. The molecule has 4 aromatic rings. The number of rotatable bonds is 7. The van der Waals surface area contributed by atoms with Gasteiger partial charge in [0.05, 0.1) is 17.8 Å². The molecule has 4 rings (SSSR count). The SMILES string of the molecule is COc1ccc(C(O)(CCC(=O)c2ccc3ncoc3c2)C(F)(F)F)nc1-c1ccc(F)c(Cl)c1. The normalized spacial score (nSPS) is 13.6. The molecule has 0 saturated carbocycles. The van der Waals surface area contributed by atoms with E-state index < -0.39 is 41.9 Å². The van der Waals surface area contributed by atoms with E-state index in [4.69, 9.17) is 20.8 Å². The van der Waals surface area contributed by atoms with Crippen LogP contribution in [0.25, 0.3) is 22.4 Å². The van der Waals surface area contributed by atoms with Gasteiger partial charge in [-0.25, -0.2) is 14.4 Å². The first-order valence-corrected chi connectivity index (χ1v) is 10.6. The zero-order chi connectivity index (χ0) is 25.4. The van der Waals surface area contributed by atoms with Gasteiger partial charge in [-0.3, -0.25) is 4.79 Å². The quantitative estimate of drug-likeness (QED) is 0.240. The van der Waals surface area contributed by atoms with E-state index >= 15 is 0 Å². The Morgan fingerprint density at radius 3 is 2.60 bits per heavy atom. The highest BCUT2D eigenvalue weighted by molar-refractivity contribution is 6.31. The highest BCUT2D eigenvalue weighted by Crippen LogP contribution is 2.43. The molecule has 11 heteroatoms. The highest BCUT2D eigenvalue weighted by atomic mass is 35.5. The Bertz CT molecular complexity index is 1410. The number of Topliss-reactive ketones (excluding diaryl/α,β-unsaturated/α-hetero) is 1. The van der Waals surface area contributed by atoms with Gasteiger partial charge >= 0.3 is 6.18 Å². The van der Waals surface area contributed by atoms with Crippen LogP contribution in [0.3, 0.4) is 0 Å². The van der Waals surface area contributed by atoms with Crippen molar-refractivity contribution in [2.45, 2.75) is 24.6 Å². The Labute approximate surface area is 201 Å². The van der Waals surface area contributed by atoms with E-state index in [0.29, 0.717) is 11.1 Å². The van der Waals surface area contributed by atoms with Crippen LogP contribution in [0.15, 0.2) is 59.3 Å². The number of alkyl halides is 3. The molecule has 1 N–H and O–H groups in total. The molecule has 1 atom stereocenters. The zero-order valence-corrected chi connectivity index (χ0v) is 18.8. The van der Waals surface area contributed by atoms with E-state index in [0.717, 1.165) is 12.1 Å². The maximum absolute atomic E-state index is 14.1. The van der Waals surface area contributed by atoms with E-state index in [1.54, 1.807) is 0 Å². The maximum atomic E-state index is 14.1. The Morgan fingerprint density at radius 1 is 1.14 bits per heavy atom. The fourth-order valence-corrected chi connectivity index (χ4v) is 3.75. The molecule has 0 amide bonds. The van der Waals surface area contributed by atoms with Crippen molar-refractivity contribution in [3.63, 3.8) is 0 Å². The molecule has 0 saturated heterocycles. The molecule has 0 bridgehead atoms. The minimum absolute atomic E-state index is 0.0809. The second kappa shape index (κ2) is 9.27. The number of fused-ring (bicyclic) bond motifs is 1. The lowest BCUT2D eigenvalue weighted by molar-refractivity contribution is -0.270. The zero-order valence-electron chi connectivity index (χ0n) is 18.1. The number of benzene rings is 2. The Kier molecular flexibility index (Phi) is 6.52. The van der Waals surface area contributed by atoms with E-state index in [2.05, 4.69) is 9.97 Å². The monoisotopic (exact) mass is 508 g/mol. The third kappa shape index (κ3) is 4.71. The van der Waals surface area contributed by atoms with Crippen LogP contribution in [0, 0.1) is 5.82 Å². The summed E-state index contributed by atoms with van der Waals surface area (Å²) in [5.41, 5.74) is -3.20. The van der Waals surface area contributed by atoms with Gasteiger partial charge < -0.3 is 14.3 Å². The predicted molar refractivity (Wildman–Crippen MR) is 119 cm³/mol. The molecule has 0 aliphatic carbocycles. The van der Waals surface area contributed by atoms with Gasteiger partial charge in [-0.05, 0) is 55.0 Å². The van der Waals surface area contributed by atoms with E-state index in [1.807, 2.05) is 0 Å². The van der Waals surface area contributed by atoms with Crippen LogP contribution < -0.4 is 4.74 Å². The van der Waals surface area contributed by atoms with E-state index in [-0.39, 0.29) is 27.6 Å². The topological polar surface area (TPSA) is 85.5 Å². The van der Waals surface area contributed by atoms with Gasteiger partial charge in [0.15, 0.2) is 17.8 Å². The average Bonchev–Trinajstić information content (AvgIpc) is 3.31. The second-order valence-corrected chi connectivity index (χ2v) is 8.10. The lowest BCUT2D eigenvalue weighted by Crippen LogP contribution is -2.43. The maximum Gasteiger partial charge on any atom is 0.422 e. The van der Waals surface area contributed by atoms with E-state index in [1.165, 1.54) is 49.9 Å². The lowest BCUT2D eigenvalue weighted by Gasteiger charge is -2.30. The predicted octanol–water partition coefficient (Wildman–Crippen LogP) is 6.10. The standard InChI is InChI=1S/C24H17ClF4N2O4/c1-34-19-6-7-21(31-22(19)14-2-4-16(26)15(25)10-14)23(33,24(27,28)29)9-8-18(32)13-3-5-17-20(11-13)35-12-30-17/h2-7,10-12,33H,8-9H2,1H3. The number of carbonyl (C=O) groups is 1. The fourth-order valence-electron chi connectivity index (χ4n) is 3.57. The van der Waals surface area contributed by atoms with Crippen LogP contribution in [0.5, 0.6) is 5.75 Å². The molecule has 2 aromatic heterocycles. The smallest absolute Gasteiger partial charge is 0.422 e. The Balaban J connectivity index is 1.69. The van der Waals surface area contributed by atoms with Crippen molar-refractivity contribution < 1.29 is 36.6 Å². The minimum atomic E-state index is -5.17. The number of nitrogens with zero attached hydrogens (tertiary/aromatic N) is 2. The summed E-state index contributed by atoms with van der Waals surface area (Å²) in [6.45, 7) is 0. The van der Waals surface area contributed by atoms with Gasteiger partial charge in [0, 0.05) is 17.5 Å². The summed E-state index contributed by atoms with van der Waals surface area (Å²) < 4.78 is 66.2. The van der Waals surface area contributed by atoms with Gasteiger partial charge in [-0.15, -0.1) is 0 Å². The summed E-state index contributed by atoms with van der Waals surface area (Å²) in [6, 6.07) is 9.95. The molecular weight excluding hydrogens is 492 g/mol. The molecule has 35 heavy (non-hydrogen) atoms. The number of aromatic nitrogens is 2.